The van der Waals surface area contributed by atoms with Gasteiger partial charge in [-0.3, -0.25) is 9.59 Å². The molecule has 3 N–H and O–H groups in total. The molecule has 0 aromatic heterocycles. The van der Waals surface area contributed by atoms with Crippen molar-refractivity contribution in [2.45, 2.75) is 12.3 Å². The van der Waals surface area contributed by atoms with Gasteiger partial charge in [0.1, 0.15) is 0 Å². The summed E-state index contributed by atoms with van der Waals surface area (Å²) >= 11 is 5.45. The second-order valence-corrected chi connectivity index (χ2v) is 8.64. The number of hydrogen-bond donors (Lipinski definition) is 3. The first-order valence-electron chi connectivity index (χ1n) is 11.7. The van der Waals surface area contributed by atoms with E-state index in [1.165, 1.54) is 0 Å². The molecule has 0 saturated heterocycles. The Hall–Kier alpha value is -4.29. The third-order valence-corrected chi connectivity index (χ3v) is 5.93. The summed E-state index contributed by atoms with van der Waals surface area (Å²) in [6.07, 6.45) is 0.733. The molecule has 5 nitrogen and oxygen atoms in total. The molecule has 2 amide bonds. The monoisotopic (exact) mass is 493 g/mol. The molecule has 0 unspecified atom stereocenters. The van der Waals surface area contributed by atoms with E-state index in [1.807, 2.05) is 97.1 Å². The fraction of sp³-hybridized carbons (Fsp3) is 0.100. The van der Waals surface area contributed by atoms with Gasteiger partial charge < -0.3 is 16.0 Å². The Balaban J connectivity index is 1.42. The number of para-hydroxylation sites is 1. The van der Waals surface area contributed by atoms with Crippen molar-refractivity contribution in [2.75, 3.05) is 11.9 Å². The van der Waals surface area contributed by atoms with Crippen LogP contribution in [0.1, 0.15) is 33.0 Å². The van der Waals surface area contributed by atoms with Crippen molar-refractivity contribution in [1.29, 1.82) is 0 Å². The molecule has 4 rings (SSSR count). The van der Waals surface area contributed by atoms with Gasteiger partial charge in [-0.25, -0.2) is 0 Å². The SMILES string of the molecule is O=C(NCCc1ccccc1)c1ccccc1NC(=S)NC(=O)C(c1ccccc1)c1ccccc1. The predicted molar refractivity (Wildman–Crippen MR) is 148 cm³/mol. The highest BCUT2D eigenvalue weighted by Crippen LogP contribution is 2.25. The molecule has 0 atom stereocenters. The molecule has 4 aromatic carbocycles. The van der Waals surface area contributed by atoms with Gasteiger partial charge in [0.25, 0.3) is 5.91 Å². The highest BCUT2D eigenvalue weighted by molar-refractivity contribution is 7.80. The molecule has 0 heterocycles. The van der Waals surface area contributed by atoms with Crippen molar-refractivity contribution in [2.24, 2.45) is 0 Å². The average Bonchev–Trinajstić information content (AvgIpc) is 2.91. The Bertz CT molecular complexity index is 1270. The topological polar surface area (TPSA) is 70.2 Å². The number of carbonyl (C=O) groups is 2. The number of nitrogens with one attached hydrogen (secondary N) is 3. The summed E-state index contributed by atoms with van der Waals surface area (Å²) in [4.78, 5) is 26.2. The zero-order valence-electron chi connectivity index (χ0n) is 19.7. The number of benzene rings is 4. The molecule has 6 heteroatoms. The number of thiocarbonyl (C=S) groups is 1. The summed E-state index contributed by atoms with van der Waals surface area (Å²) in [6, 6.07) is 36.2. The Morgan fingerprint density at radius 3 is 1.83 bits per heavy atom. The molecule has 4 aromatic rings. The fourth-order valence-electron chi connectivity index (χ4n) is 3.97. The Morgan fingerprint density at radius 2 is 1.22 bits per heavy atom. The van der Waals surface area contributed by atoms with Crippen molar-refractivity contribution >= 4 is 34.8 Å². The number of hydrogen-bond acceptors (Lipinski definition) is 3. The molecule has 0 radical (unpaired) electrons. The van der Waals surface area contributed by atoms with Gasteiger partial charge in [-0.1, -0.05) is 103 Å². The van der Waals surface area contributed by atoms with Crippen LogP contribution in [0.25, 0.3) is 0 Å². The van der Waals surface area contributed by atoms with E-state index in [2.05, 4.69) is 16.0 Å². The van der Waals surface area contributed by atoms with Crippen LogP contribution in [0, 0.1) is 0 Å². The van der Waals surface area contributed by atoms with Crippen LogP contribution in [0.5, 0.6) is 0 Å². The van der Waals surface area contributed by atoms with Gasteiger partial charge in [0.15, 0.2) is 5.11 Å². The molecule has 180 valence electrons. The van der Waals surface area contributed by atoms with E-state index in [-0.39, 0.29) is 16.9 Å². The summed E-state index contributed by atoms with van der Waals surface area (Å²) in [6.45, 7) is 0.508. The Labute approximate surface area is 216 Å². The molecule has 0 spiro atoms. The van der Waals surface area contributed by atoms with Crippen LogP contribution in [0.2, 0.25) is 0 Å². The number of amides is 2. The summed E-state index contributed by atoms with van der Waals surface area (Å²) in [7, 11) is 0. The molecule has 0 fully saturated rings. The molecule has 0 aliphatic heterocycles. The number of carbonyl (C=O) groups excluding carboxylic acids is 2. The highest BCUT2D eigenvalue weighted by Gasteiger charge is 2.23. The standard InChI is InChI=1S/C30H27N3O2S/c34-28(31-21-20-22-12-4-1-5-13-22)25-18-10-11-19-26(25)32-30(36)33-29(35)27(23-14-6-2-7-15-23)24-16-8-3-9-17-24/h1-19,27H,20-21H2,(H,31,34)(H2,32,33,35,36). The van der Waals surface area contributed by atoms with E-state index in [9.17, 15) is 9.59 Å². The van der Waals surface area contributed by atoms with Gasteiger partial charge in [-0.15, -0.1) is 0 Å². The third kappa shape index (κ3) is 6.64. The van der Waals surface area contributed by atoms with Crippen molar-refractivity contribution in [3.05, 3.63) is 138 Å². The van der Waals surface area contributed by atoms with E-state index in [0.29, 0.717) is 17.8 Å². The molecule has 36 heavy (non-hydrogen) atoms. The van der Waals surface area contributed by atoms with E-state index >= 15 is 0 Å². The van der Waals surface area contributed by atoms with Crippen molar-refractivity contribution in [3.63, 3.8) is 0 Å². The maximum absolute atomic E-state index is 13.3. The first kappa shape index (κ1) is 24.8. The van der Waals surface area contributed by atoms with Gasteiger partial charge in [-0.2, -0.15) is 0 Å². The predicted octanol–water partition coefficient (Wildman–Crippen LogP) is 5.30. The van der Waals surface area contributed by atoms with E-state index in [0.717, 1.165) is 23.1 Å². The van der Waals surface area contributed by atoms with E-state index < -0.39 is 5.92 Å². The summed E-state index contributed by atoms with van der Waals surface area (Å²) in [5, 5.41) is 8.91. The van der Waals surface area contributed by atoms with Crippen LogP contribution in [0.3, 0.4) is 0 Å². The lowest BCUT2D eigenvalue weighted by Crippen LogP contribution is -2.38. The van der Waals surface area contributed by atoms with Crippen molar-refractivity contribution in [1.82, 2.24) is 10.6 Å². The van der Waals surface area contributed by atoms with Crippen LogP contribution in [0.15, 0.2) is 115 Å². The van der Waals surface area contributed by atoms with Gasteiger partial charge in [0.05, 0.1) is 17.2 Å². The fourth-order valence-corrected chi connectivity index (χ4v) is 4.18. The highest BCUT2D eigenvalue weighted by atomic mass is 32.1. The zero-order valence-corrected chi connectivity index (χ0v) is 20.5. The second-order valence-electron chi connectivity index (χ2n) is 8.23. The van der Waals surface area contributed by atoms with E-state index in [4.69, 9.17) is 12.2 Å². The summed E-state index contributed by atoms with van der Waals surface area (Å²) in [5.74, 6) is -0.993. The molecule has 0 bridgehead atoms. The molecular weight excluding hydrogens is 466 g/mol. The molecule has 0 aliphatic rings. The Kier molecular flexibility index (Phi) is 8.57. The minimum absolute atomic E-state index is 0.126. The zero-order chi connectivity index (χ0) is 25.2. The van der Waals surface area contributed by atoms with Gasteiger partial charge >= 0.3 is 0 Å². The molecular formula is C30H27N3O2S. The van der Waals surface area contributed by atoms with Crippen molar-refractivity contribution in [3.8, 4) is 0 Å². The lowest BCUT2D eigenvalue weighted by Gasteiger charge is -2.19. The Morgan fingerprint density at radius 1 is 0.694 bits per heavy atom. The van der Waals surface area contributed by atoms with E-state index in [1.54, 1.807) is 18.2 Å². The normalized spacial score (nSPS) is 10.5. The van der Waals surface area contributed by atoms with Crippen LogP contribution >= 0.6 is 12.2 Å². The van der Waals surface area contributed by atoms with Crippen LogP contribution in [-0.4, -0.2) is 23.5 Å². The lowest BCUT2D eigenvalue weighted by molar-refractivity contribution is -0.120. The number of anilines is 1. The largest absolute Gasteiger partial charge is 0.352 e. The second kappa shape index (κ2) is 12.4. The first-order valence-corrected chi connectivity index (χ1v) is 12.2. The average molecular weight is 494 g/mol. The third-order valence-electron chi connectivity index (χ3n) is 5.73. The van der Waals surface area contributed by atoms with Crippen LogP contribution in [-0.2, 0) is 11.2 Å². The quantitative estimate of drug-likeness (QED) is 0.291. The van der Waals surface area contributed by atoms with Gasteiger partial charge in [-0.05, 0) is 47.5 Å². The summed E-state index contributed by atoms with van der Waals surface area (Å²) in [5.41, 5.74) is 3.85. The van der Waals surface area contributed by atoms with Crippen LogP contribution < -0.4 is 16.0 Å². The minimum atomic E-state index is -0.524. The summed E-state index contributed by atoms with van der Waals surface area (Å²) < 4.78 is 0. The minimum Gasteiger partial charge on any atom is -0.352 e. The van der Waals surface area contributed by atoms with Gasteiger partial charge in [0, 0.05) is 6.54 Å². The smallest absolute Gasteiger partial charge is 0.253 e. The lowest BCUT2D eigenvalue weighted by atomic mass is 9.90. The maximum Gasteiger partial charge on any atom is 0.253 e. The first-order chi connectivity index (χ1) is 17.6. The van der Waals surface area contributed by atoms with Crippen LogP contribution in [0.4, 0.5) is 5.69 Å². The van der Waals surface area contributed by atoms with Gasteiger partial charge in [0.2, 0.25) is 5.91 Å². The number of rotatable bonds is 8. The molecule has 0 aliphatic carbocycles. The molecule has 0 saturated carbocycles. The maximum atomic E-state index is 13.3. The van der Waals surface area contributed by atoms with Crippen molar-refractivity contribution < 1.29 is 9.59 Å².